The van der Waals surface area contributed by atoms with E-state index in [0.29, 0.717) is 13.1 Å². The predicted molar refractivity (Wildman–Crippen MR) is 133 cm³/mol. The molecule has 0 bridgehead atoms. The number of anilines is 1. The highest BCUT2D eigenvalue weighted by Crippen LogP contribution is 2.09. The molecule has 0 saturated heterocycles. The summed E-state index contributed by atoms with van der Waals surface area (Å²) in [6, 6.07) is 7.79. The summed E-state index contributed by atoms with van der Waals surface area (Å²) in [5, 5.41) is 12.0. The summed E-state index contributed by atoms with van der Waals surface area (Å²) in [7, 11) is 0. The number of carbonyl (C=O) groups excluding carboxylic acids is 2. The number of hydrogen-bond donors (Lipinski definition) is 4. The van der Waals surface area contributed by atoms with Crippen LogP contribution in [0.2, 0.25) is 0 Å². The Bertz CT molecular complexity index is 672. The van der Waals surface area contributed by atoms with Gasteiger partial charge >= 0.3 is 6.09 Å². The molecule has 170 valence electrons. The number of rotatable bonds is 9. The van der Waals surface area contributed by atoms with E-state index in [1.54, 1.807) is 0 Å². The van der Waals surface area contributed by atoms with Crippen molar-refractivity contribution in [3.8, 4) is 0 Å². The lowest BCUT2D eigenvalue weighted by Gasteiger charge is -2.19. The smallest absolute Gasteiger partial charge is 0.407 e. The minimum Gasteiger partial charge on any atom is -0.444 e. The second-order valence-corrected chi connectivity index (χ2v) is 7.60. The molecule has 1 aromatic rings. The van der Waals surface area contributed by atoms with Crippen LogP contribution in [0, 0.1) is 0 Å². The van der Waals surface area contributed by atoms with Gasteiger partial charge in [-0.2, -0.15) is 0 Å². The number of nitrogens with one attached hydrogen (secondary N) is 4. The van der Waals surface area contributed by atoms with Crippen LogP contribution in [0.3, 0.4) is 0 Å². The molecule has 0 atom stereocenters. The van der Waals surface area contributed by atoms with Gasteiger partial charge in [-0.1, -0.05) is 12.1 Å². The van der Waals surface area contributed by atoms with E-state index in [4.69, 9.17) is 4.74 Å². The van der Waals surface area contributed by atoms with E-state index in [2.05, 4.69) is 26.3 Å². The number of alkyl carbamates (subject to hydrolysis) is 1. The van der Waals surface area contributed by atoms with E-state index in [1.807, 2.05) is 52.0 Å². The van der Waals surface area contributed by atoms with Gasteiger partial charge in [-0.25, -0.2) is 4.79 Å². The van der Waals surface area contributed by atoms with Crippen LogP contribution in [0.5, 0.6) is 0 Å². The number of guanidine groups is 1. The van der Waals surface area contributed by atoms with Gasteiger partial charge in [-0.05, 0) is 58.2 Å². The van der Waals surface area contributed by atoms with Gasteiger partial charge in [0.05, 0.1) is 0 Å². The van der Waals surface area contributed by atoms with E-state index < -0.39 is 11.7 Å². The maximum absolute atomic E-state index is 11.6. The van der Waals surface area contributed by atoms with Crippen LogP contribution in [-0.2, 0) is 16.0 Å². The molecular weight excluding hydrogens is 497 g/mol. The molecule has 0 saturated carbocycles. The number of amides is 2. The molecule has 1 rings (SSSR count). The van der Waals surface area contributed by atoms with E-state index in [1.165, 1.54) is 12.5 Å². The molecule has 0 heterocycles. The Morgan fingerprint density at radius 2 is 1.70 bits per heavy atom. The molecule has 0 aliphatic carbocycles. The van der Waals surface area contributed by atoms with Crippen molar-refractivity contribution in [2.24, 2.45) is 4.99 Å². The summed E-state index contributed by atoms with van der Waals surface area (Å²) in [6.45, 7) is 11.6. The van der Waals surface area contributed by atoms with Crippen molar-refractivity contribution in [1.29, 1.82) is 0 Å². The van der Waals surface area contributed by atoms with Crippen LogP contribution < -0.4 is 21.3 Å². The fourth-order valence-corrected chi connectivity index (χ4v) is 2.40. The fraction of sp³-hybridized carbons (Fsp3) is 0.571. The summed E-state index contributed by atoms with van der Waals surface area (Å²) < 4.78 is 5.19. The normalized spacial score (nSPS) is 11.2. The first-order chi connectivity index (χ1) is 13.7. The van der Waals surface area contributed by atoms with Gasteiger partial charge in [-0.15, -0.1) is 24.0 Å². The van der Waals surface area contributed by atoms with Gasteiger partial charge in [0.15, 0.2) is 5.96 Å². The highest BCUT2D eigenvalue weighted by Gasteiger charge is 2.15. The summed E-state index contributed by atoms with van der Waals surface area (Å²) in [5.41, 5.74) is 1.47. The lowest BCUT2D eigenvalue weighted by atomic mass is 10.1. The summed E-state index contributed by atoms with van der Waals surface area (Å²) in [6.07, 6.45) is 1.15. The number of halogens is 1. The number of hydrogen-bond acceptors (Lipinski definition) is 4. The molecule has 30 heavy (non-hydrogen) atoms. The average molecular weight is 533 g/mol. The highest BCUT2D eigenvalue weighted by atomic mass is 127. The molecule has 9 heteroatoms. The molecule has 0 unspecified atom stereocenters. The number of carbonyl (C=O) groups is 2. The molecule has 0 fully saturated rings. The standard InChI is InChI=1S/C21H35N5O3.HI/c1-6-22-19(23-13-7-14-25-20(28)29-21(3,4)5)24-15-12-17-8-10-18(11-9-17)26-16(2)27;/h8-11H,6-7,12-15H2,1-5H3,(H,25,28)(H,26,27)(H2,22,23,24);1H. The molecule has 0 aliphatic heterocycles. The summed E-state index contributed by atoms with van der Waals surface area (Å²) in [5.74, 6) is 0.673. The van der Waals surface area contributed by atoms with E-state index in [0.717, 1.165) is 37.6 Å². The Labute approximate surface area is 197 Å². The monoisotopic (exact) mass is 533 g/mol. The van der Waals surface area contributed by atoms with Crippen molar-refractivity contribution in [2.45, 2.75) is 53.1 Å². The molecule has 8 nitrogen and oxygen atoms in total. The Hall–Kier alpha value is -2.04. The van der Waals surface area contributed by atoms with Crippen molar-refractivity contribution in [1.82, 2.24) is 16.0 Å². The van der Waals surface area contributed by atoms with E-state index in [9.17, 15) is 9.59 Å². The number of aliphatic imine (C=N–C) groups is 1. The number of benzene rings is 1. The third-order valence-electron chi connectivity index (χ3n) is 3.60. The van der Waals surface area contributed by atoms with Crippen LogP contribution in [0.15, 0.2) is 29.3 Å². The third kappa shape index (κ3) is 14.0. The zero-order valence-electron chi connectivity index (χ0n) is 18.6. The van der Waals surface area contributed by atoms with Gasteiger partial charge in [0.25, 0.3) is 0 Å². The zero-order valence-corrected chi connectivity index (χ0v) is 21.0. The largest absolute Gasteiger partial charge is 0.444 e. The first-order valence-corrected chi connectivity index (χ1v) is 10.0. The predicted octanol–water partition coefficient (Wildman–Crippen LogP) is 3.28. The van der Waals surface area contributed by atoms with Crippen molar-refractivity contribution in [3.63, 3.8) is 0 Å². The van der Waals surface area contributed by atoms with Crippen molar-refractivity contribution in [3.05, 3.63) is 29.8 Å². The Balaban J connectivity index is 0.00000841. The zero-order chi connectivity index (χ0) is 21.7. The quantitative estimate of drug-likeness (QED) is 0.169. The van der Waals surface area contributed by atoms with Crippen LogP contribution in [-0.4, -0.2) is 49.7 Å². The summed E-state index contributed by atoms with van der Waals surface area (Å²) >= 11 is 0. The second-order valence-electron chi connectivity index (χ2n) is 7.60. The van der Waals surface area contributed by atoms with Gasteiger partial charge in [0, 0.05) is 38.8 Å². The van der Waals surface area contributed by atoms with Crippen molar-refractivity contribution >= 4 is 47.6 Å². The van der Waals surface area contributed by atoms with Gasteiger partial charge in [0.2, 0.25) is 5.91 Å². The molecule has 0 aliphatic rings. The van der Waals surface area contributed by atoms with Crippen molar-refractivity contribution in [2.75, 3.05) is 31.5 Å². The molecule has 0 radical (unpaired) electrons. The minimum atomic E-state index is -0.491. The first kappa shape index (κ1) is 28.0. The van der Waals surface area contributed by atoms with Gasteiger partial charge in [0.1, 0.15) is 5.60 Å². The SMILES string of the molecule is CCNC(=NCCCNC(=O)OC(C)(C)C)NCCc1ccc(NC(C)=O)cc1.I. The lowest BCUT2D eigenvalue weighted by Crippen LogP contribution is -2.38. The first-order valence-electron chi connectivity index (χ1n) is 10.0. The molecule has 0 aromatic heterocycles. The Kier molecular flexibility index (Phi) is 13.9. The maximum Gasteiger partial charge on any atom is 0.407 e. The van der Waals surface area contributed by atoms with Crippen LogP contribution in [0.25, 0.3) is 0 Å². The number of nitrogens with zero attached hydrogens (tertiary/aromatic N) is 1. The molecular formula is C21H36IN5O3. The number of ether oxygens (including phenoxy) is 1. The molecule has 0 spiro atoms. The lowest BCUT2D eigenvalue weighted by molar-refractivity contribution is -0.114. The van der Waals surface area contributed by atoms with Gasteiger partial charge in [-0.3, -0.25) is 9.79 Å². The van der Waals surface area contributed by atoms with Crippen LogP contribution >= 0.6 is 24.0 Å². The van der Waals surface area contributed by atoms with Crippen molar-refractivity contribution < 1.29 is 14.3 Å². The highest BCUT2D eigenvalue weighted by molar-refractivity contribution is 14.0. The molecule has 4 N–H and O–H groups in total. The van der Waals surface area contributed by atoms with Crippen LogP contribution in [0.1, 0.15) is 46.6 Å². The molecule has 2 amide bonds. The molecule has 1 aromatic carbocycles. The fourth-order valence-electron chi connectivity index (χ4n) is 2.40. The third-order valence-corrected chi connectivity index (χ3v) is 3.60. The second kappa shape index (κ2) is 14.9. The Morgan fingerprint density at radius 3 is 2.27 bits per heavy atom. The van der Waals surface area contributed by atoms with Crippen LogP contribution in [0.4, 0.5) is 10.5 Å². The van der Waals surface area contributed by atoms with Gasteiger partial charge < -0.3 is 26.0 Å². The van der Waals surface area contributed by atoms with E-state index in [-0.39, 0.29) is 29.9 Å². The topological polar surface area (TPSA) is 104 Å². The van der Waals surface area contributed by atoms with E-state index >= 15 is 0 Å². The minimum absolute atomic E-state index is 0. The summed E-state index contributed by atoms with van der Waals surface area (Å²) in [4.78, 5) is 27.2. The maximum atomic E-state index is 11.6. The average Bonchev–Trinajstić information content (AvgIpc) is 2.61. The Morgan fingerprint density at radius 1 is 1.03 bits per heavy atom.